The number of likely N-dealkylation sites (N-methyl/N-ethyl adjacent to an activating group) is 2. The predicted molar refractivity (Wildman–Crippen MR) is 224 cm³/mol. The van der Waals surface area contributed by atoms with Gasteiger partial charge in [-0.3, -0.25) is 9.59 Å². The third-order valence-electron chi connectivity index (χ3n) is 9.72. The molecule has 0 bridgehead atoms. The van der Waals surface area contributed by atoms with Crippen LogP contribution in [-0.2, 0) is 19.1 Å². The molecule has 0 N–H and O–H groups in total. The average Bonchev–Trinajstić information content (AvgIpc) is 3.06. The molecule has 52 heavy (non-hydrogen) atoms. The van der Waals surface area contributed by atoms with Gasteiger partial charge >= 0.3 is 11.9 Å². The Morgan fingerprint density at radius 2 is 0.654 bits per heavy atom. The van der Waals surface area contributed by atoms with Crippen LogP contribution in [0.3, 0.4) is 0 Å². The molecule has 0 heterocycles. The minimum Gasteiger partial charge on any atom is -0.452 e. The second-order valence-corrected chi connectivity index (χ2v) is 17.7. The highest BCUT2D eigenvalue weighted by Gasteiger charge is 2.37. The molecule has 0 saturated heterocycles. The summed E-state index contributed by atoms with van der Waals surface area (Å²) in [6, 6.07) is 0. The minimum absolute atomic E-state index is 0.171. The molecule has 0 aromatic heterocycles. The quantitative estimate of drug-likeness (QED) is 0.0276. The van der Waals surface area contributed by atoms with E-state index in [0.29, 0.717) is 34.9 Å². The van der Waals surface area contributed by atoms with E-state index < -0.39 is 12.2 Å². The number of quaternary nitrogens is 2. The van der Waals surface area contributed by atoms with Crippen LogP contribution in [0.4, 0.5) is 0 Å². The fraction of sp³-hybridized carbons (Fsp3) is 0.870. The molecule has 0 fully saturated rings. The van der Waals surface area contributed by atoms with Crippen LogP contribution in [0.5, 0.6) is 0 Å². The lowest BCUT2D eigenvalue weighted by atomic mass is 10.1. The summed E-state index contributed by atoms with van der Waals surface area (Å²) in [6.07, 6.45) is 41.4. The maximum absolute atomic E-state index is 13.1. The summed E-state index contributed by atoms with van der Waals surface area (Å²) in [5.41, 5.74) is 0. The second-order valence-electron chi connectivity index (χ2n) is 17.7. The topological polar surface area (TPSA) is 52.6 Å². The van der Waals surface area contributed by atoms with Gasteiger partial charge in [-0.2, -0.15) is 0 Å². The Hall–Kier alpha value is -1.66. The number of ether oxygens (including phenoxy) is 2. The molecule has 0 radical (unpaired) electrons. The van der Waals surface area contributed by atoms with E-state index in [0.717, 1.165) is 51.4 Å². The van der Waals surface area contributed by atoms with Crippen molar-refractivity contribution in [1.82, 2.24) is 0 Å². The van der Waals surface area contributed by atoms with Gasteiger partial charge in [-0.25, -0.2) is 0 Å². The lowest BCUT2D eigenvalue weighted by Gasteiger charge is -2.36. The highest BCUT2D eigenvalue weighted by atomic mass is 16.6. The molecule has 2 atom stereocenters. The Balaban J connectivity index is 4.49. The fourth-order valence-electron chi connectivity index (χ4n) is 6.68. The van der Waals surface area contributed by atoms with E-state index in [1.54, 1.807) is 0 Å². The molecule has 0 amide bonds. The number of carbonyl (C=O) groups is 2. The normalized spacial score (nSPS) is 13.6. The van der Waals surface area contributed by atoms with Crippen LogP contribution in [-0.4, -0.2) is 88.5 Å². The molecule has 0 aliphatic heterocycles. The summed E-state index contributed by atoms with van der Waals surface area (Å²) in [7, 11) is 12.6. The Morgan fingerprint density at radius 3 is 0.923 bits per heavy atom. The molecule has 6 nitrogen and oxygen atoms in total. The van der Waals surface area contributed by atoms with E-state index in [1.807, 2.05) is 0 Å². The Kier molecular flexibility index (Phi) is 32.8. The maximum Gasteiger partial charge on any atom is 0.306 e. The molecule has 6 heteroatoms. The van der Waals surface area contributed by atoms with Crippen LogP contribution in [0.2, 0.25) is 0 Å². The van der Waals surface area contributed by atoms with Crippen molar-refractivity contribution in [2.24, 2.45) is 0 Å². The Labute approximate surface area is 324 Å². The van der Waals surface area contributed by atoms with Crippen LogP contribution in [0.1, 0.15) is 194 Å². The van der Waals surface area contributed by atoms with Crippen molar-refractivity contribution in [3.8, 4) is 0 Å². The van der Waals surface area contributed by atoms with Crippen molar-refractivity contribution in [3.63, 3.8) is 0 Å². The molecule has 306 valence electrons. The van der Waals surface area contributed by atoms with Crippen molar-refractivity contribution in [1.29, 1.82) is 0 Å². The maximum atomic E-state index is 13.1. The first-order valence-corrected chi connectivity index (χ1v) is 22.2. The van der Waals surface area contributed by atoms with Gasteiger partial charge in [0, 0.05) is 12.8 Å². The number of carbonyl (C=O) groups excluding carboxylic acids is 2. The van der Waals surface area contributed by atoms with E-state index in [2.05, 4.69) is 80.4 Å². The molecule has 0 aliphatic rings. The van der Waals surface area contributed by atoms with Gasteiger partial charge in [-0.15, -0.1) is 0 Å². The third kappa shape index (κ3) is 36.7. The van der Waals surface area contributed by atoms with Gasteiger partial charge in [0.2, 0.25) is 0 Å². The van der Waals surface area contributed by atoms with Crippen molar-refractivity contribution in [3.05, 3.63) is 24.3 Å². The zero-order valence-electron chi connectivity index (χ0n) is 36.2. The van der Waals surface area contributed by atoms with Crippen LogP contribution >= 0.6 is 0 Å². The minimum atomic E-state index is -0.467. The third-order valence-corrected chi connectivity index (χ3v) is 9.72. The van der Waals surface area contributed by atoms with E-state index in [1.165, 1.54) is 116 Å². The first-order chi connectivity index (χ1) is 24.9. The number of rotatable bonds is 37. The fourth-order valence-corrected chi connectivity index (χ4v) is 6.68. The molecule has 0 saturated carbocycles. The molecular weight excluding hydrogens is 645 g/mol. The van der Waals surface area contributed by atoms with E-state index >= 15 is 0 Å². The molecule has 0 aromatic rings. The summed E-state index contributed by atoms with van der Waals surface area (Å²) in [4.78, 5) is 26.1. The molecule has 0 aromatic carbocycles. The van der Waals surface area contributed by atoms with E-state index in [4.69, 9.17) is 9.47 Å². The summed E-state index contributed by atoms with van der Waals surface area (Å²) in [5.74, 6) is -0.341. The summed E-state index contributed by atoms with van der Waals surface area (Å²) < 4.78 is 13.5. The Bertz CT molecular complexity index is 814. The summed E-state index contributed by atoms with van der Waals surface area (Å²) >= 11 is 0. The highest BCUT2D eigenvalue weighted by Crippen LogP contribution is 2.17. The zero-order chi connectivity index (χ0) is 38.8. The average molecular weight is 735 g/mol. The number of nitrogens with zero attached hydrogens (tertiary/aromatic N) is 2. The lowest BCUT2D eigenvalue weighted by Crippen LogP contribution is -2.54. The monoisotopic (exact) mass is 735 g/mol. The van der Waals surface area contributed by atoms with Gasteiger partial charge in [0.15, 0.2) is 12.2 Å². The Morgan fingerprint density at radius 1 is 0.404 bits per heavy atom. The molecule has 0 aliphatic carbocycles. The number of allylic oxidation sites excluding steroid dienone is 4. The molecular formula is C46H90N2O4+2. The predicted octanol–water partition coefficient (Wildman–Crippen LogP) is 12.3. The first-order valence-electron chi connectivity index (χ1n) is 22.2. The lowest BCUT2D eigenvalue weighted by molar-refractivity contribution is -0.882. The second kappa shape index (κ2) is 33.9. The zero-order valence-corrected chi connectivity index (χ0v) is 36.2. The highest BCUT2D eigenvalue weighted by molar-refractivity contribution is 5.70. The van der Waals surface area contributed by atoms with E-state index in [9.17, 15) is 9.59 Å². The summed E-state index contributed by atoms with van der Waals surface area (Å²) in [5, 5.41) is 0. The van der Waals surface area contributed by atoms with E-state index in [-0.39, 0.29) is 11.9 Å². The van der Waals surface area contributed by atoms with Crippen LogP contribution < -0.4 is 0 Å². The largest absolute Gasteiger partial charge is 0.452 e. The van der Waals surface area contributed by atoms with Crippen LogP contribution in [0.15, 0.2) is 24.3 Å². The number of unbranched alkanes of at least 4 members (excludes halogenated alkanes) is 22. The van der Waals surface area contributed by atoms with Crippen molar-refractivity contribution in [2.75, 3.05) is 55.4 Å². The molecule has 2 unspecified atom stereocenters. The SMILES string of the molecule is CCCCCCCCC=CCCCCCCCC(=O)OC(C[N+](C)(C)C)C(C[N+](C)(C)C)OC(=O)CCCCCCCC=CCCCCCCCC. The number of hydrogen-bond donors (Lipinski definition) is 0. The van der Waals surface area contributed by atoms with Gasteiger partial charge in [0.25, 0.3) is 0 Å². The molecule has 0 rings (SSSR count). The standard InChI is InChI=1S/C46H90N2O4/c1-9-11-13-15-17-19-21-23-25-27-29-31-33-35-37-39-45(49)51-43(41-47(3,4)5)44(42-48(6,7)8)52-46(50)40-38-36-34-32-30-28-26-24-22-20-18-16-14-12-10-2/h23-26,43-44H,9-22,27-42H2,1-8H3/q+2. The van der Waals surface area contributed by atoms with Gasteiger partial charge in [0.1, 0.15) is 13.1 Å². The summed E-state index contributed by atoms with van der Waals surface area (Å²) in [6.45, 7) is 5.74. The van der Waals surface area contributed by atoms with Crippen molar-refractivity contribution < 1.29 is 28.0 Å². The first kappa shape index (κ1) is 50.3. The van der Waals surface area contributed by atoms with Crippen molar-refractivity contribution >= 4 is 11.9 Å². The van der Waals surface area contributed by atoms with Crippen LogP contribution in [0, 0.1) is 0 Å². The van der Waals surface area contributed by atoms with Gasteiger partial charge in [0.05, 0.1) is 42.3 Å². The van der Waals surface area contributed by atoms with Crippen molar-refractivity contribution in [2.45, 2.75) is 206 Å². The van der Waals surface area contributed by atoms with Gasteiger partial charge in [-0.1, -0.05) is 141 Å². The molecule has 0 spiro atoms. The number of hydrogen-bond acceptors (Lipinski definition) is 4. The number of esters is 2. The smallest absolute Gasteiger partial charge is 0.306 e. The van der Waals surface area contributed by atoms with Gasteiger partial charge in [-0.05, 0) is 64.2 Å². The van der Waals surface area contributed by atoms with Crippen LogP contribution in [0.25, 0.3) is 0 Å². The van der Waals surface area contributed by atoms with Gasteiger partial charge < -0.3 is 18.4 Å².